The van der Waals surface area contributed by atoms with Gasteiger partial charge in [-0.25, -0.2) is 9.97 Å². The number of methoxy groups -OCH3 is 1. The van der Waals surface area contributed by atoms with Gasteiger partial charge in [0.2, 0.25) is 0 Å². The van der Waals surface area contributed by atoms with Crippen LogP contribution >= 0.6 is 22.9 Å². The van der Waals surface area contributed by atoms with E-state index in [2.05, 4.69) is 28.4 Å². The number of hydrogen-bond donors (Lipinski definition) is 0. The molecule has 3 aromatic rings. The van der Waals surface area contributed by atoms with Crippen molar-refractivity contribution in [2.24, 2.45) is 0 Å². The number of hydrogen-bond acceptors (Lipinski definition) is 4. The molecule has 0 amide bonds. The van der Waals surface area contributed by atoms with Gasteiger partial charge in [-0.15, -0.1) is 22.9 Å². The van der Waals surface area contributed by atoms with Crippen molar-refractivity contribution in [3.63, 3.8) is 0 Å². The van der Waals surface area contributed by atoms with Crippen LogP contribution in [-0.2, 0) is 11.4 Å². The van der Waals surface area contributed by atoms with Crippen LogP contribution in [-0.4, -0.2) is 21.6 Å². The summed E-state index contributed by atoms with van der Waals surface area (Å²) in [5.41, 5.74) is 1.61. The molecule has 0 aliphatic carbocycles. The lowest BCUT2D eigenvalue weighted by molar-refractivity contribution is 0.415. The van der Waals surface area contributed by atoms with Crippen molar-refractivity contribution in [3.8, 4) is 5.75 Å². The first kappa shape index (κ1) is 14.4. The van der Waals surface area contributed by atoms with Crippen LogP contribution in [0.3, 0.4) is 0 Å². The molecular weight excluding hydrogens is 306 g/mol. The molecule has 0 fully saturated rings. The molecular formula is C15H16ClN3OS. The van der Waals surface area contributed by atoms with Gasteiger partial charge < -0.3 is 9.30 Å². The molecule has 0 bridgehead atoms. The monoisotopic (exact) mass is 321 g/mol. The highest BCUT2D eigenvalue weighted by Gasteiger charge is 2.30. The Morgan fingerprint density at radius 3 is 2.81 bits per heavy atom. The summed E-state index contributed by atoms with van der Waals surface area (Å²) in [6, 6.07) is 5.89. The van der Waals surface area contributed by atoms with Gasteiger partial charge in [-0.3, -0.25) is 0 Å². The third-order valence-electron chi connectivity index (χ3n) is 3.57. The van der Waals surface area contributed by atoms with E-state index in [9.17, 15) is 0 Å². The number of aromatic nitrogens is 3. The maximum absolute atomic E-state index is 6.11. The summed E-state index contributed by atoms with van der Waals surface area (Å²) in [6.07, 6.45) is 1.82. The standard InChI is InChI=1S/C15H16ClN3OS/c1-15(2,14-17-6-7-21-14)19-12-5-4-10(20-3)8-11(12)18-13(19)9-16/h4-8H,9H2,1-3H3. The zero-order chi connectivity index (χ0) is 15.0. The van der Waals surface area contributed by atoms with Gasteiger partial charge in [-0.05, 0) is 26.0 Å². The van der Waals surface area contributed by atoms with E-state index in [-0.39, 0.29) is 5.54 Å². The van der Waals surface area contributed by atoms with Crippen LogP contribution in [0.15, 0.2) is 29.8 Å². The molecule has 3 rings (SSSR count). The van der Waals surface area contributed by atoms with E-state index in [1.807, 2.05) is 29.8 Å². The number of nitrogens with zero attached hydrogens (tertiary/aromatic N) is 3. The molecule has 0 saturated carbocycles. The summed E-state index contributed by atoms with van der Waals surface area (Å²) < 4.78 is 7.43. The fourth-order valence-electron chi connectivity index (χ4n) is 2.57. The predicted molar refractivity (Wildman–Crippen MR) is 86.4 cm³/mol. The number of fused-ring (bicyclic) bond motifs is 1. The van der Waals surface area contributed by atoms with Gasteiger partial charge in [-0.2, -0.15) is 0 Å². The third-order valence-corrected chi connectivity index (χ3v) is 4.89. The van der Waals surface area contributed by atoms with Gasteiger partial charge in [-0.1, -0.05) is 0 Å². The molecule has 2 heterocycles. The lowest BCUT2D eigenvalue weighted by Gasteiger charge is -2.27. The normalized spacial score (nSPS) is 12.0. The molecule has 4 nitrogen and oxygen atoms in total. The van der Waals surface area contributed by atoms with Crippen LogP contribution in [0.4, 0.5) is 0 Å². The van der Waals surface area contributed by atoms with Crippen LogP contribution in [0.1, 0.15) is 24.7 Å². The molecule has 0 saturated heterocycles. The van der Waals surface area contributed by atoms with Crippen LogP contribution in [0.25, 0.3) is 11.0 Å². The maximum atomic E-state index is 6.11. The van der Waals surface area contributed by atoms with Crippen LogP contribution in [0.5, 0.6) is 5.75 Å². The number of rotatable bonds is 4. The molecule has 0 N–H and O–H groups in total. The van der Waals surface area contributed by atoms with Gasteiger partial charge in [0.15, 0.2) is 0 Å². The largest absolute Gasteiger partial charge is 0.497 e. The highest BCUT2D eigenvalue weighted by atomic mass is 35.5. The van der Waals surface area contributed by atoms with Crippen LogP contribution in [0.2, 0.25) is 0 Å². The number of halogens is 1. The average molecular weight is 322 g/mol. The Morgan fingerprint density at radius 1 is 1.38 bits per heavy atom. The quantitative estimate of drug-likeness (QED) is 0.681. The van der Waals surface area contributed by atoms with E-state index in [0.29, 0.717) is 5.88 Å². The number of imidazole rings is 1. The van der Waals surface area contributed by atoms with Crippen molar-refractivity contribution in [2.75, 3.05) is 7.11 Å². The van der Waals surface area contributed by atoms with Crippen LogP contribution < -0.4 is 4.74 Å². The first-order valence-corrected chi connectivity index (χ1v) is 8.01. The van der Waals surface area contributed by atoms with Gasteiger partial charge in [0.05, 0.1) is 29.6 Å². The lowest BCUT2D eigenvalue weighted by Crippen LogP contribution is -2.29. The molecule has 110 valence electrons. The summed E-state index contributed by atoms with van der Waals surface area (Å²) in [5.74, 6) is 1.98. The van der Waals surface area contributed by atoms with Crippen molar-refractivity contribution >= 4 is 34.0 Å². The minimum absolute atomic E-state index is 0.304. The number of ether oxygens (including phenoxy) is 1. The fraction of sp³-hybridized carbons (Fsp3) is 0.333. The Kier molecular flexibility index (Phi) is 3.63. The highest BCUT2D eigenvalue weighted by molar-refractivity contribution is 7.09. The Hall–Kier alpha value is -1.59. The molecule has 0 aliphatic heterocycles. The van der Waals surface area contributed by atoms with Crippen molar-refractivity contribution in [2.45, 2.75) is 25.3 Å². The van der Waals surface area contributed by atoms with Gasteiger partial charge in [0.25, 0.3) is 0 Å². The number of alkyl halides is 1. The number of benzene rings is 1. The van der Waals surface area contributed by atoms with Crippen molar-refractivity contribution < 1.29 is 4.74 Å². The third kappa shape index (κ3) is 2.30. The van der Waals surface area contributed by atoms with E-state index in [4.69, 9.17) is 16.3 Å². The Bertz CT molecular complexity index is 765. The highest BCUT2D eigenvalue weighted by Crippen LogP contribution is 2.34. The summed E-state index contributed by atoms with van der Waals surface area (Å²) in [6.45, 7) is 4.26. The fourth-order valence-corrected chi connectivity index (χ4v) is 3.50. The minimum Gasteiger partial charge on any atom is -0.497 e. The van der Waals surface area contributed by atoms with Crippen molar-refractivity contribution in [1.82, 2.24) is 14.5 Å². The lowest BCUT2D eigenvalue weighted by atomic mass is 10.1. The molecule has 0 aliphatic rings. The smallest absolute Gasteiger partial charge is 0.125 e. The van der Waals surface area contributed by atoms with E-state index < -0.39 is 0 Å². The topological polar surface area (TPSA) is 39.9 Å². The SMILES string of the molecule is COc1ccc2c(c1)nc(CCl)n2C(C)(C)c1nccs1. The Labute approximate surface area is 132 Å². The predicted octanol–water partition coefficient (Wildman–Crippen LogP) is 4.02. The second-order valence-corrected chi connectivity index (χ2v) is 6.41. The van der Waals surface area contributed by atoms with E-state index >= 15 is 0 Å². The van der Waals surface area contributed by atoms with Crippen molar-refractivity contribution in [3.05, 3.63) is 40.6 Å². The first-order valence-electron chi connectivity index (χ1n) is 6.59. The molecule has 2 aromatic heterocycles. The van der Waals surface area contributed by atoms with Gasteiger partial charge >= 0.3 is 0 Å². The zero-order valence-electron chi connectivity index (χ0n) is 12.1. The summed E-state index contributed by atoms with van der Waals surface area (Å²) >= 11 is 7.75. The van der Waals surface area contributed by atoms with E-state index in [0.717, 1.165) is 27.6 Å². The Morgan fingerprint density at radius 2 is 2.19 bits per heavy atom. The second kappa shape index (κ2) is 5.31. The van der Waals surface area contributed by atoms with Crippen LogP contribution in [0, 0.1) is 0 Å². The summed E-state index contributed by atoms with van der Waals surface area (Å²) in [7, 11) is 1.65. The Balaban J connectivity index is 2.26. The summed E-state index contributed by atoms with van der Waals surface area (Å²) in [5, 5.41) is 3.02. The average Bonchev–Trinajstić information content (AvgIpc) is 3.13. The maximum Gasteiger partial charge on any atom is 0.125 e. The van der Waals surface area contributed by atoms with Crippen molar-refractivity contribution in [1.29, 1.82) is 0 Å². The first-order chi connectivity index (χ1) is 10.1. The molecule has 0 unspecified atom stereocenters. The minimum atomic E-state index is -0.304. The van der Waals surface area contributed by atoms with Gasteiger partial charge in [0, 0.05) is 17.6 Å². The molecule has 0 radical (unpaired) electrons. The van der Waals surface area contributed by atoms with Gasteiger partial charge in [0.1, 0.15) is 16.6 Å². The molecule has 21 heavy (non-hydrogen) atoms. The molecule has 6 heteroatoms. The molecule has 0 atom stereocenters. The zero-order valence-corrected chi connectivity index (χ0v) is 13.7. The summed E-state index contributed by atoms with van der Waals surface area (Å²) in [4.78, 5) is 9.11. The second-order valence-electron chi connectivity index (χ2n) is 5.25. The number of thiazole rings is 1. The van der Waals surface area contributed by atoms with E-state index in [1.54, 1.807) is 18.4 Å². The molecule has 1 aromatic carbocycles. The molecule has 0 spiro atoms. The van der Waals surface area contributed by atoms with E-state index in [1.165, 1.54) is 0 Å².